The van der Waals surface area contributed by atoms with Crippen molar-refractivity contribution in [3.8, 4) is 0 Å². The molecule has 0 aliphatic carbocycles. The van der Waals surface area contributed by atoms with Crippen molar-refractivity contribution in [3.05, 3.63) is 66.2 Å². The Labute approximate surface area is 161 Å². The standard InChI is InChI=1S/C21H28O3SSi/c1-21(2,3)26(4,5)24-19(18(22)16-12-8-6-9-13-16)20(23)25-17-14-10-7-11-15-17/h6-15,18-19,22H,1-5H3/t18-,19+/m1/s1. The highest BCUT2D eigenvalue weighted by atomic mass is 32.2. The van der Waals surface area contributed by atoms with Gasteiger partial charge in [-0.2, -0.15) is 0 Å². The van der Waals surface area contributed by atoms with Crippen LogP contribution in [0, 0.1) is 0 Å². The van der Waals surface area contributed by atoms with Gasteiger partial charge in [-0.1, -0.05) is 69.3 Å². The van der Waals surface area contributed by atoms with Gasteiger partial charge in [-0.25, -0.2) is 0 Å². The van der Waals surface area contributed by atoms with E-state index in [0.29, 0.717) is 5.56 Å². The topological polar surface area (TPSA) is 46.5 Å². The van der Waals surface area contributed by atoms with Crippen molar-refractivity contribution in [3.63, 3.8) is 0 Å². The molecule has 3 nitrogen and oxygen atoms in total. The third-order valence-electron chi connectivity index (χ3n) is 4.85. The fraction of sp³-hybridized carbons (Fsp3) is 0.381. The van der Waals surface area contributed by atoms with Crippen LogP contribution in [-0.4, -0.2) is 24.6 Å². The zero-order valence-electron chi connectivity index (χ0n) is 16.1. The number of hydrogen-bond donors (Lipinski definition) is 1. The molecule has 0 bridgehead atoms. The van der Waals surface area contributed by atoms with E-state index in [1.54, 1.807) is 0 Å². The minimum atomic E-state index is -2.24. The van der Waals surface area contributed by atoms with Crippen molar-refractivity contribution in [1.29, 1.82) is 0 Å². The van der Waals surface area contributed by atoms with E-state index in [-0.39, 0.29) is 10.2 Å². The first kappa shape index (κ1) is 20.9. The highest BCUT2D eigenvalue weighted by Crippen LogP contribution is 2.40. The van der Waals surface area contributed by atoms with Crippen LogP contribution in [0.2, 0.25) is 18.1 Å². The maximum absolute atomic E-state index is 13.0. The summed E-state index contributed by atoms with van der Waals surface area (Å²) in [6.45, 7) is 10.6. The molecule has 0 aliphatic heterocycles. The van der Waals surface area contributed by atoms with Gasteiger partial charge >= 0.3 is 0 Å². The van der Waals surface area contributed by atoms with Gasteiger partial charge in [-0.15, -0.1) is 0 Å². The van der Waals surface area contributed by atoms with E-state index in [9.17, 15) is 9.90 Å². The van der Waals surface area contributed by atoms with E-state index in [1.807, 2.05) is 60.7 Å². The predicted octanol–water partition coefficient (Wildman–Crippen LogP) is 5.43. The van der Waals surface area contributed by atoms with E-state index in [0.717, 1.165) is 16.7 Å². The molecular formula is C21H28O3SSi. The van der Waals surface area contributed by atoms with Crippen LogP contribution in [0.25, 0.3) is 0 Å². The molecule has 0 saturated heterocycles. The second-order valence-electron chi connectivity index (χ2n) is 7.89. The van der Waals surface area contributed by atoms with Gasteiger partial charge in [0.05, 0.1) is 0 Å². The summed E-state index contributed by atoms with van der Waals surface area (Å²) in [4.78, 5) is 13.9. The fourth-order valence-electron chi connectivity index (χ4n) is 2.22. The zero-order valence-corrected chi connectivity index (χ0v) is 17.9. The quantitative estimate of drug-likeness (QED) is 0.529. The Bertz CT molecular complexity index is 711. The zero-order chi connectivity index (χ0) is 19.4. The molecule has 0 heterocycles. The summed E-state index contributed by atoms with van der Waals surface area (Å²) in [7, 11) is -2.24. The highest BCUT2D eigenvalue weighted by Gasteiger charge is 2.43. The Hall–Kier alpha value is -1.40. The molecule has 0 aromatic heterocycles. The van der Waals surface area contributed by atoms with Crippen LogP contribution in [0.1, 0.15) is 32.4 Å². The first-order valence-electron chi connectivity index (χ1n) is 8.79. The average molecular weight is 389 g/mol. The van der Waals surface area contributed by atoms with Gasteiger partial charge in [0.2, 0.25) is 5.12 Å². The summed E-state index contributed by atoms with van der Waals surface area (Å²) in [5, 5.41) is 10.7. The Kier molecular flexibility index (Phi) is 6.85. The van der Waals surface area contributed by atoms with Crippen LogP contribution in [0.15, 0.2) is 65.6 Å². The fourth-order valence-corrected chi connectivity index (χ4v) is 4.35. The molecule has 0 spiro atoms. The maximum atomic E-state index is 13.0. The predicted molar refractivity (Wildman–Crippen MR) is 111 cm³/mol. The van der Waals surface area contributed by atoms with E-state index >= 15 is 0 Å². The van der Waals surface area contributed by atoms with Gasteiger partial charge in [0, 0.05) is 4.90 Å². The molecule has 0 radical (unpaired) electrons. The lowest BCUT2D eigenvalue weighted by atomic mass is 10.1. The number of thioether (sulfide) groups is 1. The summed E-state index contributed by atoms with van der Waals surface area (Å²) in [6.07, 6.45) is -1.89. The Morgan fingerprint density at radius 3 is 2.00 bits per heavy atom. The molecule has 2 aromatic rings. The van der Waals surface area contributed by atoms with Crippen LogP contribution in [0.5, 0.6) is 0 Å². The van der Waals surface area contributed by atoms with E-state index in [4.69, 9.17) is 4.43 Å². The summed E-state index contributed by atoms with van der Waals surface area (Å²) in [5.74, 6) is 0. The van der Waals surface area contributed by atoms with Crippen LogP contribution in [0.4, 0.5) is 0 Å². The monoisotopic (exact) mass is 388 g/mol. The van der Waals surface area contributed by atoms with Gasteiger partial charge < -0.3 is 9.53 Å². The van der Waals surface area contributed by atoms with Crippen molar-refractivity contribution in [2.45, 2.75) is 56.0 Å². The number of hydrogen-bond acceptors (Lipinski definition) is 4. The molecule has 2 rings (SSSR count). The van der Waals surface area contributed by atoms with Gasteiger partial charge in [-0.3, -0.25) is 4.79 Å². The Balaban J connectivity index is 2.30. The van der Waals surface area contributed by atoms with Gasteiger partial charge in [0.1, 0.15) is 12.2 Å². The molecule has 0 unspecified atom stereocenters. The van der Waals surface area contributed by atoms with E-state index in [2.05, 4.69) is 33.9 Å². The molecule has 0 saturated carbocycles. The number of carbonyl (C=O) groups excluding carboxylic acids is 1. The van der Waals surface area contributed by atoms with Crippen molar-refractivity contribution in [2.75, 3.05) is 0 Å². The SMILES string of the molecule is CC(C)(C)[Si](C)(C)O[C@H](C(=O)Sc1ccccc1)[C@H](O)c1ccccc1. The lowest BCUT2D eigenvalue weighted by Gasteiger charge is -2.39. The molecule has 5 heteroatoms. The molecule has 1 N–H and O–H groups in total. The van der Waals surface area contributed by atoms with Crippen LogP contribution < -0.4 is 0 Å². The van der Waals surface area contributed by atoms with E-state index in [1.165, 1.54) is 0 Å². The van der Waals surface area contributed by atoms with Crippen molar-refractivity contribution in [1.82, 2.24) is 0 Å². The minimum Gasteiger partial charge on any atom is -0.403 e. The summed E-state index contributed by atoms with van der Waals surface area (Å²) >= 11 is 1.12. The molecular weight excluding hydrogens is 360 g/mol. The number of benzene rings is 2. The molecule has 2 aromatic carbocycles. The first-order chi connectivity index (χ1) is 12.1. The molecule has 26 heavy (non-hydrogen) atoms. The Morgan fingerprint density at radius 1 is 1.00 bits per heavy atom. The second-order valence-corrected chi connectivity index (χ2v) is 13.7. The summed E-state index contributed by atoms with van der Waals surface area (Å²) in [6, 6.07) is 18.7. The van der Waals surface area contributed by atoms with Crippen molar-refractivity contribution >= 4 is 25.2 Å². The third kappa shape index (κ3) is 5.30. The average Bonchev–Trinajstić information content (AvgIpc) is 2.59. The van der Waals surface area contributed by atoms with Gasteiger partial charge in [-0.05, 0) is 47.6 Å². The largest absolute Gasteiger partial charge is 0.403 e. The highest BCUT2D eigenvalue weighted by molar-refractivity contribution is 8.13. The normalized spacial score (nSPS) is 14.7. The number of rotatable bonds is 6. The number of carbonyl (C=O) groups is 1. The smallest absolute Gasteiger partial charge is 0.224 e. The molecule has 140 valence electrons. The van der Waals surface area contributed by atoms with Gasteiger partial charge in [0.25, 0.3) is 0 Å². The number of aliphatic hydroxyl groups excluding tert-OH is 1. The molecule has 0 amide bonds. The third-order valence-corrected chi connectivity index (χ3v) is 10.2. The maximum Gasteiger partial charge on any atom is 0.224 e. The lowest BCUT2D eigenvalue weighted by molar-refractivity contribution is -0.122. The molecule has 0 fully saturated rings. The lowest BCUT2D eigenvalue weighted by Crippen LogP contribution is -2.47. The number of aliphatic hydroxyl groups is 1. The Morgan fingerprint density at radius 2 is 1.50 bits per heavy atom. The second kappa shape index (κ2) is 8.52. The van der Waals surface area contributed by atoms with Crippen LogP contribution >= 0.6 is 11.8 Å². The summed E-state index contributed by atoms with van der Waals surface area (Å²) in [5.41, 5.74) is 0.693. The molecule has 2 atom stereocenters. The molecule has 0 aliphatic rings. The van der Waals surface area contributed by atoms with Crippen LogP contribution in [0.3, 0.4) is 0 Å². The minimum absolute atomic E-state index is 0.0562. The van der Waals surface area contributed by atoms with E-state index < -0.39 is 20.5 Å². The van der Waals surface area contributed by atoms with Crippen molar-refractivity contribution < 1.29 is 14.3 Å². The first-order valence-corrected chi connectivity index (χ1v) is 12.5. The summed E-state index contributed by atoms with van der Waals surface area (Å²) < 4.78 is 6.37. The van der Waals surface area contributed by atoms with Crippen LogP contribution in [-0.2, 0) is 9.22 Å². The van der Waals surface area contributed by atoms with Gasteiger partial charge in [0.15, 0.2) is 8.32 Å². The van der Waals surface area contributed by atoms with Crippen molar-refractivity contribution in [2.24, 2.45) is 0 Å².